The molecule has 0 unspecified atom stereocenters. The summed E-state index contributed by atoms with van der Waals surface area (Å²) in [5, 5.41) is 3.51. The highest BCUT2D eigenvalue weighted by atomic mass is 16.6. The molecule has 2 aliphatic heterocycles. The first-order valence-corrected chi connectivity index (χ1v) is 11.2. The molecule has 0 fully saturated rings. The van der Waals surface area contributed by atoms with Crippen LogP contribution in [0, 0.1) is 0 Å². The fourth-order valence-electron chi connectivity index (χ4n) is 4.63. The number of ether oxygens (including phenoxy) is 4. The van der Waals surface area contributed by atoms with E-state index in [0.717, 1.165) is 0 Å². The van der Waals surface area contributed by atoms with Gasteiger partial charge in [0, 0.05) is 5.69 Å². The smallest absolute Gasteiger partial charge is 0.344 e. The van der Waals surface area contributed by atoms with Crippen LogP contribution >= 0.6 is 0 Å². The summed E-state index contributed by atoms with van der Waals surface area (Å²) in [4.78, 5) is 26.7. The minimum absolute atomic E-state index is 0.274. The predicted octanol–water partition coefficient (Wildman–Crippen LogP) is 4.10. The fraction of sp³-hybridized carbons (Fsp3) is 0.185. The van der Waals surface area contributed by atoms with Crippen LogP contribution in [0.3, 0.4) is 0 Å². The molecule has 0 bridgehead atoms. The second-order valence-electron chi connectivity index (χ2n) is 8.25. The molecule has 2 aliphatic rings. The molecule has 0 radical (unpaired) electrons. The monoisotopic (exact) mass is 471 g/mol. The van der Waals surface area contributed by atoms with Crippen molar-refractivity contribution in [2.24, 2.45) is 0 Å². The molecule has 1 amide bonds. The molecule has 2 atom stereocenters. The highest BCUT2D eigenvalue weighted by Gasteiger charge is 2.45. The number of anilines is 1. The van der Waals surface area contributed by atoms with Crippen molar-refractivity contribution in [3.05, 3.63) is 88.3 Å². The summed E-state index contributed by atoms with van der Waals surface area (Å²) in [6, 6.07) is 19.7. The lowest BCUT2D eigenvalue weighted by molar-refractivity contribution is -0.122. The van der Waals surface area contributed by atoms with Gasteiger partial charge in [-0.25, -0.2) is 4.79 Å². The number of methoxy groups -OCH3 is 1. The molecule has 0 saturated carbocycles. The molecule has 176 valence electrons. The van der Waals surface area contributed by atoms with Crippen LogP contribution in [-0.4, -0.2) is 32.3 Å². The average Bonchev–Trinajstić information content (AvgIpc) is 3.31. The molecule has 3 aromatic carbocycles. The van der Waals surface area contributed by atoms with Gasteiger partial charge >= 0.3 is 5.63 Å². The Bertz CT molecular complexity index is 1480. The highest BCUT2D eigenvalue weighted by molar-refractivity contribution is 5.97. The molecule has 1 N–H and O–H groups in total. The average molecular weight is 471 g/mol. The minimum atomic E-state index is -1.04. The first kappa shape index (κ1) is 21.1. The molecule has 35 heavy (non-hydrogen) atoms. The second kappa shape index (κ2) is 8.39. The maximum atomic E-state index is 13.5. The summed E-state index contributed by atoms with van der Waals surface area (Å²) in [6.45, 7) is 0.776. The lowest BCUT2D eigenvalue weighted by atomic mass is 9.87. The maximum absolute atomic E-state index is 13.5. The standard InChI is InChI=1S/C27H21NO7/c1-31-19-13-15(14-20-24(19)33-12-11-32-20)21-22-23(17-9-5-6-10-18(17)34-27(22)30)35-25(21)26(29)28-16-7-3-2-4-8-16/h2-10,13-14,21,25H,11-12H2,1H3,(H,28,29)/t21-,25+/m0/s1. The number of carbonyl (C=O) groups excluding carboxylic acids is 1. The molecule has 8 heteroatoms. The van der Waals surface area contributed by atoms with Gasteiger partial charge in [-0.2, -0.15) is 0 Å². The van der Waals surface area contributed by atoms with E-state index in [-0.39, 0.29) is 5.56 Å². The summed E-state index contributed by atoms with van der Waals surface area (Å²) in [5.74, 6) is 0.583. The number of para-hydroxylation sites is 2. The van der Waals surface area contributed by atoms with Gasteiger partial charge in [0.15, 0.2) is 17.6 Å². The van der Waals surface area contributed by atoms with E-state index in [1.807, 2.05) is 24.3 Å². The van der Waals surface area contributed by atoms with Gasteiger partial charge in [0.2, 0.25) is 5.75 Å². The SMILES string of the molecule is COc1cc([C@H]2c3c(c4ccccc4oc3=O)O[C@H]2C(=O)Nc2ccccc2)cc2c1OCCO2. The third-order valence-electron chi connectivity index (χ3n) is 6.17. The van der Waals surface area contributed by atoms with Crippen molar-refractivity contribution >= 4 is 22.6 Å². The van der Waals surface area contributed by atoms with Crippen LogP contribution in [0.25, 0.3) is 11.0 Å². The lowest BCUT2D eigenvalue weighted by Crippen LogP contribution is -2.35. The molecule has 8 nitrogen and oxygen atoms in total. The molecule has 0 saturated heterocycles. The van der Waals surface area contributed by atoms with Crippen LogP contribution in [0.2, 0.25) is 0 Å². The first-order valence-electron chi connectivity index (χ1n) is 11.2. The van der Waals surface area contributed by atoms with Gasteiger partial charge in [-0.15, -0.1) is 0 Å². The van der Waals surface area contributed by atoms with E-state index in [1.54, 1.807) is 42.5 Å². The van der Waals surface area contributed by atoms with E-state index < -0.39 is 23.6 Å². The van der Waals surface area contributed by atoms with Crippen LogP contribution < -0.4 is 29.9 Å². The fourth-order valence-corrected chi connectivity index (χ4v) is 4.63. The maximum Gasteiger partial charge on any atom is 0.344 e. The van der Waals surface area contributed by atoms with Crippen LogP contribution in [0.5, 0.6) is 23.0 Å². The van der Waals surface area contributed by atoms with Gasteiger partial charge in [0.05, 0.1) is 24.0 Å². The summed E-state index contributed by atoms with van der Waals surface area (Å²) in [5.41, 5.74) is 1.33. The van der Waals surface area contributed by atoms with Crippen molar-refractivity contribution in [2.75, 3.05) is 25.6 Å². The van der Waals surface area contributed by atoms with Gasteiger partial charge in [-0.05, 0) is 42.0 Å². The number of fused-ring (bicyclic) bond motifs is 4. The summed E-state index contributed by atoms with van der Waals surface area (Å²) < 4.78 is 28.9. The lowest BCUT2D eigenvalue weighted by Gasteiger charge is -2.24. The van der Waals surface area contributed by atoms with E-state index in [9.17, 15) is 9.59 Å². The summed E-state index contributed by atoms with van der Waals surface area (Å²) in [7, 11) is 1.53. The Hall–Kier alpha value is -4.46. The van der Waals surface area contributed by atoms with Crippen molar-refractivity contribution in [2.45, 2.75) is 12.0 Å². The van der Waals surface area contributed by atoms with Crippen molar-refractivity contribution in [1.29, 1.82) is 0 Å². The number of amides is 1. The van der Waals surface area contributed by atoms with Gasteiger partial charge in [-0.3, -0.25) is 4.79 Å². The Morgan fingerprint density at radius 3 is 2.57 bits per heavy atom. The molecule has 6 rings (SSSR count). The Labute approximate surface area is 200 Å². The number of carbonyl (C=O) groups is 1. The van der Waals surface area contributed by atoms with E-state index in [0.29, 0.717) is 58.4 Å². The molecule has 0 aliphatic carbocycles. The van der Waals surface area contributed by atoms with E-state index >= 15 is 0 Å². The largest absolute Gasteiger partial charge is 0.493 e. The zero-order valence-electron chi connectivity index (χ0n) is 18.8. The second-order valence-corrected chi connectivity index (χ2v) is 8.25. The van der Waals surface area contributed by atoms with Crippen molar-refractivity contribution in [1.82, 2.24) is 0 Å². The molecule has 0 spiro atoms. The predicted molar refractivity (Wildman–Crippen MR) is 128 cm³/mol. The quantitative estimate of drug-likeness (QED) is 0.448. The van der Waals surface area contributed by atoms with Gasteiger partial charge in [0.25, 0.3) is 5.91 Å². The molecular weight excluding hydrogens is 450 g/mol. The van der Waals surface area contributed by atoms with Crippen LogP contribution in [-0.2, 0) is 4.79 Å². The third-order valence-corrected chi connectivity index (χ3v) is 6.17. The number of hydrogen-bond acceptors (Lipinski definition) is 7. The van der Waals surface area contributed by atoms with Crippen molar-refractivity contribution in [3.8, 4) is 23.0 Å². The van der Waals surface area contributed by atoms with Gasteiger partial charge < -0.3 is 28.7 Å². The normalized spacial score (nSPS) is 18.0. The molecule has 1 aromatic heterocycles. The zero-order valence-corrected chi connectivity index (χ0v) is 18.8. The summed E-state index contributed by atoms with van der Waals surface area (Å²) >= 11 is 0. The number of benzene rings is 3. The molecule has 4 aromatic rings. The Morgan fingerprint density at radius 1 is 0.971 bits per heavy atom. The van der Waals surface area contributed by atoms with Gasteiger partial charge in [-0.1, -0.05) is 30.3 Å². The topological polar surface area (TPSA) is 96.2 Å². The Balaban J connectivity index is 1.53. The summed E-state index contributed by atoms with van der Waals surface area (Å²) in [6.07, 6.45) is -1.04. The highest BCUT2D eigenvalue weighted by Crippen LogP contribution is 2.48. The van der Waals surface area contributed by atoms with Crippen molar-refractivity contribution in [3.63, 3.8) is 0 Å². The Kier molecular flexibility index (Phi) is 5.06. The van der Waals surface area contributed by atoms with E-state index in [4.69, 9.17) is 23.4 Å². The van der Waals surface area contributed by atoms with E-state index in [1.165, 1.54) is 7.11 Å². The van der Waals surface area contributed by atoms with Crippen molar-refractivity contribution < 1.29 is 28.2 Å². The number of hydrogen-bond donors (Lipinski definition) is 1. The van der Waals surface area contributed by atoms with Crippen LogP contribution in [0.1, 0.15) is 17.0 Å². The van der Waals surface area contributed by atoms with Crippen LogP contribution in [0.4, 0.5) is 5.69 Å². The number of nitrogens with one attached hydrogen (secondary N) is 1. The zero-order chi connectivity index (χ0) is 23.9. The minimum Gasteiger partial charge on any atom is -0.493 e. The van der Waals surface area contributed by atoms with Crippen LogP contribution in [0.15, 0.2) is 75.9 Å². The van der Waals surface area contributed by atoms with Gasteiger partial charge in [0.1, 0.15) is 24.5 Å². The third kappa shape index (κ3) is 3.54. The Morgan fingerprint density at radius 2 is 1.74 bits per heavy atom. The first-order chi connectivity index (χ1) is 17.1. The number of rotatable bonds is 4. The molecular formula is C27H21NO7. The molecule has 3 heterocycles. The van der Waals surface area contributed by atoms with E-state index in [2.05, 4.69) is 5.32 Å².